The third kappa shape index (κ3) is 3.38. The van der Waals surface area contributed by atoms with E-state index >= 15 is 0 Å². The van der Waals surface area contributed by atoms with Gasteiger partial charge < -0.3 is 15.4 Å². The van der Waals surface area contributed by atoms with Crippen molar-refractivity contribution in [2.45, 2.75) is 13.3 Å². The summed E-state index contributed by atoms with van der Waals surface area (Å²) < 4.78 is 0. The van der Waals surface area contributed by atoms with Gasteiger partial charge in [0.1, 0.15) is 0 Å². The lowest BCUT2D eigenvalue weighted by atomic mass is 10.1. The molecule has 5 nitrogen and oxygen atoms in total. The summed E-state index contributed by atoms with van der Waals surface area (Å²) in [5.41, 5.74) is 4.50. The van der Waals surface area contributed by atoms with Gasteiger partial charge in [-0.2, -0.15) is 0 Å². The largest absolute Gasteiger partial charge is 0.481 e. The summed E-state index contributed by atoms with van der Waals surface area (Å²) in [7, 11) is 0. The molecular weight excluding hydrogens is 302 g/mol. The summed E-state index contributed by atoms with van der Waals surface area (Å²) in [5, 5.41) is 12.1. The topological polar surface area (TPSA) is 78.0 Å². The average molecular weight is 318 g/mol. The third-order valence-corrected chi connectivity index (χ3v) is 3.30. The molecule has 0 fully saturated rings. The van der Waals surface area contributed by atoms with E-state index in [0.717, 1.165) is 27.8 Å². The molecule has 0 atom stereocenters. The number of rotatable bonds is 4. The van der Waals surface area contributed by atoms with Crippen molar-refractivity contribution in [3.05, 3.63) is 53.6 Å². The second-order valence-corrected chi connectivity index (χ2v) is 4.95. The van der Waals surface area contributed by atoms with Crippen LogP contribution in [0.3, 0.4) is 0 Å². The Labute approximate surface area is 133 Å². The Kier molecular flexibility index (Phi) is 4.68. The molecule has 0 saturated heterocycles. The van der Waals surface area contributed by atoms with Crippen LogP contribution in [0.4, 0.5) is 11.6 Å². The highest BCUT2D eigenvalue weighted by atomic mass is 35.5. The van der Waals surface area contributed by atoms with Crippen LogP contribution in [0.15, 0.2) is 42.5 Å². The molecule has 0 spiro atoms. The van der Waals surface area contributed by atoms with Gasteiger partial charge in [0.05, 0.1) is 17.5 Å². The minimum Gasteiger partial charge on any atom is -0.481 e. The molecule has 22 heavy (non-hydrogen) atoms. The van der Waals surface area contributed by atoms with Crippen molar-refractivity contribution in [3.8, 4) is 0 Å². The van der Waals surface area contributed by atoms with Crippen LogP contribution in [0.5, 0.6) is 0 Å². The number of carboxylic acids is 1. The molecule has 0 aliphatic heterocycles. The van der Waals surface area contributed by atoms with Crippen LogP contribution in [-0.2, 0) is 11.2 Å². The number of fused-ring (bicyclic) bond motifs is 1. The number of anilines is 2. The number of carboxylic acid groups (broad SMARTS) is 1. The Morgan fingerprint density at radius 3 is 2.77 bits per heavy atom. The zero-order chi connectivity index (χ0) is 14.8. The summed E-state index contributed by atoms with van der Waals surface area (Å²) in [6.45, 7) is 2.02. The summed E-state index contributed by atoms with van der Waals surface area (Å²) in [6.07, 6.45) is 0.00944. The maximum absolute atomic E-state index is 10.8. The van der Waals surface area contributed by atoms with Crippen LogP contribution in [0.1, 0.15) is 11.1 Å². The number of H-pyrrole nitrogens is 1. The summed E-state index contributed by atoms with van der Waals surface area (Å²) in [4.78, 5) is 18.4. The molecule has 3 rings (SSSR count). The first kappa shape index (κ1) is 15.9. The second kappa shape index (κ2) is 6.49. The highest BCUT2D eigenvalue weighted by Crippen LogP contribution is 2.21. The van der Waals surface area contributed by atoms with E-state index in [1.165, 1.54) is 0 Å². The van der Waals surface area contributed by atoms with Crippen LogP contribution in [0.2, 0.25) is 0 Å². The molecular formula is C16H16ClN3O2. The molecule has 0 saturated carbocycles. The van der Waals surface area contributed by atoms with E-state index in [2.05, 4.69) is 15.3 Å². The van der Waals surface area contributed by atoms with Crippen LogP contribution in [-0.4, -0.2) is 21.0 Å². The standard InChI is InChI=1S/C16H15N3O2.ClH/c1-10-4-2-3-5-12(10)17-16-18-13-7-6-11(9-15(20)21)8-14(13)19-16;/h2-8H,9H2,1H3,(H,20,21)(H2,17,18,19);1H. The molecule has 3 aromatic rings. The smallest absolute Gasteiger partial charge is 0.307 e. The minimum absolute atomic E-state index is 0. The molecule has 0 unspecified atom stereocenters. The number of para-hydroxylation sites is 1. The fourth-order valence-corrected chi connectivity index (χ4v) is 2.24. The molecule has 0 bridgehead atoms. The molecule has 114 valence electrons. The van der Waals surface area contributed by atoms with Crippen molar-refractivity contribution in [2.75, 3.05) is 5.32 Å². The van der Waals surface area contributed by atoms with Gasteiger partial charge >= 0.3 is 5.97 Å². The van der Waals surface area contributed by atoms with Crippen molar-refractivity contribution in [1.82, 2.24) is 9.97 Å². The summed E-state index contributed by atoms with van der Waals surface area (Å²) in [6, 6.07) is 13.4. The fraction of sp³-hybridized carbons (Fsp3) is 0.125. The second-order valence-electron chi connectivity index (χ2n) is 4.95. The van der Waals surface area contributed by atoms with E-state index in [4.69, 9.17) is 5.11 Å². The van der Waals surface area contributed by atoms with Crippen molar-refractivity contribution in [1.29, 1.82) is 0 Å². The van der Waals surface area contributed by atoms with Crippen LogP contribution >= 0.6 is 12.4 Å². The number of aryl methyl sites for hydroxylation is 1. The average Bonchev–Trinajstić information content (AvgIpc) is 2.82. The van der Waals surface area contributed by atoms with E-state index in [9.17, 15) is 4.79 Å². The minimum atomic E-state index is -0.841. The number of carbonyl (C=O) groups is 1. The lowest BCUT2D eigenvalue weighted by Gasteiger charge is -2.05. The molecule has 3 N–H and O–H groups in total. The number of hydrogen-bond acceptors (Lipinski definition) is 3. The molecule has 0 aliphatic rings. The monoisotopic (exact) mass is 317 g/mol. The Bertz CT molecular complexity index is 814. The number of hydrogen-bond donors (Lipinski definition) is 3. The van der Waals surface area contributed by atoms with Crippen molar-refractivity contribution < 1.29 is 9.90 Å². The Morgan fingerprint density at radius 2 is 2.05 bits per heavy atom. The SMILES string of the molecule is Cc1ccccc1Nc1nc2ccc(CC(=O)O)cc2[nH]1.Cl. The van der Waals surface area contributed by atoms with Gasteiger partial charge in [0, 0.05) is 5.69 Å². The molecule has 1 heterocycles. The molecule has 0 aliphatic carbocycles. The van der Waals surface area contributed by atoms with Crippen molar-refractivity contribution in [2.24, 2.45) is 0 Å². The van der Waals surface area contributed by atoms with Gasteiger partial charge in [0.25, 0.3) is 0 Å². The fourth-order valence-electron chi connectivity index (χ4n) is 2.24. The molecule has 0 amide bonds. The Morgan fingerprint density at radius 1 is 1.27 bits per heavy atom. The maximum atomic E-state index is 10.8. The summed E-state index contributed by atoms with van der Waals surface area (Å²) in [5.74, 6) is -0.195. The van der Waals surface area contributed by atoms with Crippen molar-refractivity contribution >= 4 is 41.0 Å². The maximum Gasteiger partial charge on any atom is 0.307 e. The predicted molar refractivity (Wildman–Crippen MR) is 89.1 cm³/mol. The highest BCUT2D eigenvalue weighted by molar-refractivity contribution is 5.85. The zero-order valence-electron chi connectivity index (χ0n) is 12.0. The van der Waals surface area contributed by atoms with E-state index in [1.807, 2.05) is 43.3 Å². The van der Waals surface area contributed by atoms with Crippen LogP contribution in [0.25, 0.3) is 11.0 Å². The number of imidazole rings is 1. The van der Waals surface area contributed by atoms with E-state index < -0.39 is 5.97 Å². The predicted octanol–water partition coefficient (Wildman–Crippen LogP) is 3.66. The lowest BCUT2D eigenvalue weighted by molar-refractivity contribution is -0.136. The number of nitrogens with one attached hydrogen (secondary N) is 2. The number of aliphatic carboxylic acids is 1. The van der Waals surface area contributed by atoms with Gasteiger partial charge in [0.15, 0.2) is 0 Å². The van der Waals surface area contributed by atoms with Gasteiger partial charge in [-0.15, -0.1) is 12.4 Å². The quantitative estimate of drug-likeness (QED) is 0.686. The van der Waals surface area contributed by atoms with Gasteiger partial charge in [-0.3, -0.25) is 4.79 Å². The van der Waals surface area contributed by atoms with Crippen LogP contribution < -0.4 is 5.32 Å². The summed E-state index contributed by atoms with van der Waals surface area (Å²) >= 11 is 0. The van der Waals surface area contributed by atoms with Crippen LogP contribution in [0, 0.1) is 6.92 Å². The zero-order valence-corrected chi connectivity index (χ0v) is 12.8. The van der Waals surface area contributed by atoms with Gasteiger partial charge in [-0.1, -0.05) is 24.3 Å². The molecule has 0 radical (unpaired) electrons. The van der Waals surface area contributed by atoms with E-state index in [-0.39, 0.29) is 18.8 Å². The first-order valence-electron chi connectivity index (χ1n) is 6.65. The number of benzene rings is 2. The first-order chi connectivity index (χ1) is 10.1. The lowest BCUT2D eigenvalue weighted by Crippen LogP contribution is -1.99. The third-order valence-electron chi connectivity index (χ3n) is 3.30. The number of aromatic amines is 1. The normalized spacial score (nSPS) is 10.2. The van der Waals surface area contributed by atoms with Gasteiger partial charge in [-0.25, -0.2) is 4.98 Å². The Hall–Kier alpha value is -2.53. The van der Waals surface area contributed by atoms with Gasteiger partial charge in [-0.05, 0) is 36.2 Å². The Balaban J connectivity index is 0.00000176. The first-order valence-corrected chi connectivity index (χ1v) is 6.65. The number of aromatic nitrogens is 2. The number of nitrogens with zero attached hydrogens (tertiary/aromatic N) is 1. The van der Waals surface area contributed by atoms with Crippen molar-refractivity contribution in [3.63, 3.8) is 0 Å². The number of halogens is 1. The van der Waals surface area contributed by atoms with Gasteiger partial charge in [0.2, 0.25) is 5.95 Å². The molecule has 2 aromatic carbocycles. The van der Waals surface area contributed by atoms with E-state index in [0.29, 0.717) is 5.95 Å². The van der Waals surface area contributed by atoms with E-state index in [1.54, 1.807) is 6.07 Å². The molecule has 6 heteroatoms. The molecule has 1 aromatic heterocycles. The highest BCUT2D eigenvalue weighted by Gasteiger charge is 2.07.